The van der Waals surface area contributed by atoms with Gasteiger partial charge in [-0.3, -0.25) is 13.8 Å². The number of carbonyl (C=O) groups is 1. The van der Waals surface area contributed by atoms with Crippen LogP contribution in [0, 0.1) is 0 Å². The standard InChI is InChI=1S/C55H109N2O6P/c1-6-8-10-12-14-16-18-20-21-22-23-24-25-26-27-28-29-30-31-32-33-34-35-37-38-40-42-44-46-48-54(58)53(52-63-64(60,61)62-51-50-57(3,4)5)56-55(59)49-47-45-43-41-39-36-19-17-15-13-11-9-7-2/h17,19,46,48,53-54,58H,6-16,18,20-45,47,49-52H2,1-5H3,(H-,56,59,60,61)/p+1/b19-17-,48-46+. The van der Waals surface area contributed by atoms with Gasteiger partial charge in [-0.1, -0.05) is 244 Å². The molecule has 0 aromatic rings. The monoisotopic (exact) mass is 926 g/mol. The van der Waals surface area contributed by atoms with Gasteiger partial charge in [0.15, 0.2) is 0 Å². The van der Waals surface area contributed by atoms with Gasteiger partial charge in [-0.05, 0) is 44.9 Å². The fraction of sp³-hybridized carbons (Fsp3) is 0.909. The first-order valence-corrected chi connectivity index (χ1v) is 29.2. The summed E-state index contributed by atoms with van der Waals surface area (Å²) in [6.07, 6.45) is 58.6. The van der Waals surface area contributed by atoms with Crippen LogP contribution >= 0.6 is 7.82 Å². The molecule has 380 valence electrons. The highest BCUT2D eigenvalue weighted by atomic mass is 31.2. The predicted octanol–water partition coefficient (Wildman–Crippen LogP) is 16.4. The number of hydrogen-bond donors (Lipinski definition) is 3. The number of hydrogen-bond acceptors (Lipinski definition) is 5. The smallest absolute Gasteiger partial charge is 0.387 e. The number of nitrogens with zero attached hydrogens (tertiary/aromatic N) is 1. The number of nitrogens with one attached hydrogen (secondary N) is 1. The maximum Gasteiger partial charge on any atom is 0.472 e. The maximum absolute atomic E-state index is 12.9. The highest BCUT2D eigenvalue weighted by Gasteiger charge is 2.27. The number of amides is 1. The fourth-order valence-electron chi connectivity index (χ4n) is 8.27. The van der Waals surface area contributed by atoms with E-state index in [-0.39, 0.29) is 19.1 Å². The Morgan fingerprint density at radius 3 is 1.22 bits per heavy atom. The molecule has 0 bridgehead atoms. The van der Waals surface area contributed by atoms with Crippen molar-refractivity contribution in [3.05, 3.63) is 24.3 Å². The van der Waals surface area contributed by atoms with E-state index < -0.39 is 20.0 Å². The number of likely N-dealkylation sites (N-methyl/N-ethyl adjacent to an activating group) is 1. The quantitative estimate of drug-likeness (QED) is 0.0243. The lowest BCUT2D eigenvalue weighted by molar-refractivity contribution is -0.870. The van der Waals surface area contributed by atoms with E-state index in [0.717, 1.165) is 51.4 Å². The molecule has 0 aliphatic heterocycles. The van der Waals surface area contributed by atoms with Crippen molar-refractivity contribution >= 4 is 13.7 Å². The first-order valence-electron chi connectivity index (χ1n) is 27.7. The molecule has 8 nitrogen and oxygen atoms in total. The van der Waals surface area contributed by atoms with Gasteiger partial charge in [-0.2, -0.15) is 0 Å². The number of unbranched alkanes of at least 4 members (excludes halogenated alkanes) is 36. The van der Waals surface area contributed by atoms with Crippen LogP contribution in [0.4, 0.5) is 0 Å². The molecule has 64 heavy (non-hydrogen) atoms. The predicted molar refractivity (Wildman–Crippen MR) is 277 cm³/mol. The number of aliphatic hydroxyl groups is 1. The number of rotatable bonds is 51. The summed E-state index contributed by atoms with van der Waals surface area (Å²) in [5.41, 5.74) is 0. The average Bonchev–Trinajstić information content (AvgIpc) is 3.25. The van der Waals surface area contributed by atoms with Crippen molar-refractivity contribution in [2.75, 3.05) is 40.9 Å². The van der Waals surface area contributed by atoms with Gasteiger partial charge in [0.25, 0.3) is 0 Å². The average molecular weight is 926 g/mol. The van der Waals surface area contributed by atoms with Crippen LogP contribution in [0.15, 0.2) is 24.3 Å². The van der Waals surface area contributed by atoms with Crippen LogP contribution in [0.5, 0.6) is 0 Å². The minimum absolute atomic E-state index is 0.0613. The molecule has 1 amide bonds. The van der Waals surface area contributed by atoms with Gasteiger partial charge in [0.2, 0.25) is 5.91 Å². The Hall–Kier alpha value is -1.02. The topological polar surface area (TPSA) is 105 Å². The van der Waals surface area contributed by atoms with Gasteiger partial charge in [-0.25, -0.2) is 4.57 Å². The fourth-order valence-corrected chi connectivity index (χ4v) is 9.01. The minimum Gasteiger partial charge on any atom is -0.387 e. The summed E-state index contributed by atoms with van der Waals surface area (Å²) in [6, 6.07) is -0.848. The van der Waals surface area contributed by atoms with Gasteiger partial charge in [0.1, 0.15) is 13.2 Å². The Labute approximate surface area is 398 Å². The molecule has 3 unspecified atom stereocenters. The third-order valence-electron chi connectivity index (χ3n) is 12.7. The molecule has 0 aromatic heterocycles. The van der Waals surface area contributed by atoms with E-state index in [1.807, 2.05) is 27.2 Å². The summed E-state index contributed by atoms with van der Waals surface area (Å²) in [7, 11) is 1.57. The molecule has 0 saturated heterocycles. The molecule has 0 heterocycles. The number of quaternary nitrogens is 1. The van der Waals surface area contributed by atoms with Crippen LogP contribution in [0.3, 0.4) is 0 Å². The molecule has 0 aliphatic rings. The Morgan fingerprint density at radius 2 is 0.844 bits per heavy atom. The van der Waals surface area contributed by atoms with Crippen molar-refractivity contribution in [1.29, 1.82) is 0 Å². The molecule has 0 saturated carbocycles. The van der Waals surface area contributed by atoms with E-state index in [1.54, 1.807) is 6.08 Å². The SMILES string of the molecule is CCCCCC/C=C\CCCCCCCC(=O)NC(COP(=O)(O)OCC[N+](C)(C)C)C(O)/C=C/CCCCCCCCCCCCCCCCCCCCCCCCCCCCC. The van der Waals surface area contributed by atoms with E-state index in [0.29, 0.717) is 17.4 Å². The number of aliphatic hydroxyl groups excluding tert-OH is 1. The maximum atomic E-state index is 12.9. The van der Waals surface area contributed by atoms with Crippen molar-refractivity contribution in [2.45, 2.75) is 283 Å². The summed E-state index contributed by atoms with van der Waals surface area (Å²) in [6.45, 7) is 4.82. The van der Waals surface area contributed by atoms with Crippen molar-refractivity contribution < 1.29 is 32.9 Å². The molecule has 3 N–H and O–H groups in total. The molecule has 0 radical (unpaired) electrons. The van der Waals surface area contributed by atoms with E-state index in [1.165, 1.54) is 199 Å². The lowest BCUT2D eigenvalue weighted by Gasteiger charge is -2.25. The third kappa shape index (κ3) is 48.9. The second-order valence-corrected chi connectivity index (χ2v) is 21.8. The summed E-state index contributed by atoms with van der Waals surface area (Å²) in [5.74, 6) is -0.184. The van der Waals surface area contributed by atoms with Crippen molar-refractivity contribution in [3.8, 4) is 0 Å². The Morgan fingerprint density at radius 1 is 0.516 bits per heavy atom. The van der Waals surface area contributed by atoms with E-state index in [9.17, 15) is 19.4 Å². The largest absolute Gasteiger partial charge is 0.472 e. The highest BCUT2D eigenvalue weighted by Crippen LogP contribution is 2.43. The zero-order chi connectivity index (χ0) is 47.1. The highest BCUT2D eigenvalue weighted by molar-refractivity contribution is 7.47. The molecule has 3 atom stereocenters. The van der Waals surface area contributed by atoms with Crippen molar-refractivity contribution in [2.24, 2.45) is 0 Å². The van der Waals surface area contributed by atoms with E-state index in [2.05, 4.69) is 31.3 Å². The van der Waals surface area contributed by atoms with Crippen LogP contribution in [-0.4, -0.2) is 73.4 Å². The molecular weight excluding hydrogens is 816 g/mol. The van der Waals surface area contributed by atoms with Crippen LogP contribution in [0.2, 0.25) is 0 Å². The Bertz CT molecular complexity index is 1090. The first kappa shape index (κ1) is 63.0. The second-order valence-electron chi connectivity index (χ2n) is 20.3. The van der Waals surface area contributed by atoms with Gasteiger partial charge in [-0.15, -0.1) is 0 Å². The number of carbonyl (C=O) groups excluding carboxylic acids is 1. The van der Waals surface area contributed by atoms with E-state index in [4.69, 9.17) is 9.05 Å². The van der Waals surface area contributed by atoms with Crippen LogP contribution in [0.1, 0.15) is 271 Å². The van der Waals surface area contributed by atoms with Crippen LogP contribution in [0.25, 0.3) is 0 Å². The summed E-state index contributed by atoms with van der Waals surface area (Å²) < 4.78 is 23.6. The summed E-state index contributed by atoms with van der Waals surface area (Å²) in [4.78, 5) is 23.2. The molecule has 0 spiro atoms. The Kier molecular flexibility index (Phi) is 46.3. The zero-order valence-corrected chi connectivity index (χ0v) is 44.2. The lowest BCUT2D eigenvalue weighted by Crippen LogP contribution is -2.45. The Balaban J connectivity index is 4.11. The van der Waals surface area contributed by atoms with E-state index >= 15 is 0 Å². The summed E-state index contributed by atoms with van der Waals surface area (Å²) in [5, 5.41) is 13.9. The van der Waals surface area contributed by atoms with Gasteiger partial charge >= 0.3 is 7.82 Å². The first-order chi connectivity index (χ1) is 31.0. The number of allylic oxidation sites excluding steroid dienone is 3. The molecule has 0 aliphatic carbocycles. The molecule has 0 aromatic carbocycles. The normalized spacial score (nSPS) is 14.2. The van der Waals surface area contributed by atoms with Crippen LogP contribution < -0.4 is 5.32 Å². The second kappa shape index (κ2) is 47.1. The van der Waals surface area contributed by atoms with Crippen LogP contribution in [-0.2, 0) is 18.4 Å². The van der Waals surface area contributed by atoms with Gasteiger partial charge in [0, 0.05) is 6.42 Å². The van der Waals surface area contributed by atoms with Gasteiger partial charge in [0.05, 0.1) is 39.9 Å². The number of phosphoric ester groups is 1. The summed E-state index contributed by atoms with van der Waals surface area (Å²) >= 11 is 0. The molecular formula is C55H110N2O6P+. The minimum atomic E-state index is -4.34. The lowest BCUT2D eigenvalue weighted by atomic mass is 10.0. The van der Waals surface area contributed by atoms with Crippen molar-refractivity contribution in [1.82, 2.24) is 5.32 Å². The number of phosphoric acid groups is 1. The van der Waals surface area contributed by atoms with Gasteiger partial charge < -0.3 is 19.8 Å². The molecule has 0 rings (SSSR count). The van der Waals surface area contributed by atoms with Crippen molar-refractivity contribution in [3.63, 3.8) is 0 Å². The molecule has 0 fully saturated rings. The third-order valence-corrected chi connectivity index (χ3v) is 13.6. The molecule has 9 heteroatoms. The zero-order valence-electron chi connectivity index (χ0n) is 43.3.